The Morgan fingerprint density at radius 2 is 1.38 bits per heavy atom. The monoisotopic (exact) mass is 319 g/mol. The summed E-state index contributed by atoms with van der Waals surface area (Å²) in [5, 5.41) is 1.42. The van der Waals surface area contributed by atoms with Gasteiger partial charge >= 0.3 is 0 Å². The van der Waals surface area contributed by atoms with Crippen LogP contribution in [0.2, 0.25) is 10.0 Å². The Kier molecular flexibility index (Phi) is 4.03. The number of likely N-dealkylation sites (tertiary alicyclic amines) is 1. The molecule has 4 heteroatoms. The molecule has 1 heterocycles. The van der Waals surface area contributed by atoms with Crippen molar-refractivity contribution in [2.24, 2.45) is 0 Å². The van der Waals surface area contributed by atoms with Crippen LogP contribution in [-0.2, 0) is 4.79 Å². The van der Waals surface area contributed by atoms with E-state index in [1.165, 1.54) is 0 Å². The van der Waals surface area contributed by atoms with E-state index in [4.69, 9.17) is 23.2 Å². The van der Waals surface area contributed by atoms with Crippen LogP contribution in [0.4, 0.5) is 0 Å². The van der Waals surface area contributed by atoms with Gasteiger partial charge in [-0.3, -0.25) is 9.69 Å². The van der Waals surface area contributed by atoms with E-state index in [0.717, 1.165) is 11.1 Å². The maximum Gasteiger partial charge on any atom is 0.163 e. The number of benzene rings is 2. The molecule has 2 nitrogen and oxygen atoms in total. The van der Waals surface area contributed by atoms with Gasteiger partial charge in [0.1, 0.15) is 0 Å². The zero-order valence-corrected chi connectivity index (χ0v) is 13.1. The maximum atomic E-state index is 11.6. The second-order valence-corrected chi connectivity index (χ2v) is 6.19. The van der Waals surface area contributed by atoms with Crippen molar-refractivity contribution in [3.63, 3.8) is 0 Å². The fraction of sp³-hybridized carbons (Fsp3) is 0.235. The highest BCUT2D eigenvalue weighted by molar-refractivity contribution is 6.30. The van der Waals surface area contributed by atoms with Crippen molar-refractivity contribution in [1.29, 1.82) is 0 Å². The van der Waals surface area contributed by atoms with Crippen LogP contribution >= 0.6 is 23.2 Å². The van der Waals surface area contributed by atoms with E-state index in [1.807, 2.05) is 55.5 Å². The van der Waals surface area contributed by atoms with E-state index in [1.54, 1.807) is 0 Å². The van der Waals surface area contributed by atoms with Crippen molar-refractivity contribution in [2.75, 3.05) is 6.54 Å². The predicted molar refractivity (Wildman–Crippen MR) is 85.9 cm³/mol. The smallest absolute Gasteiger partial charge is 0.163 e. The van der Waals surface area contributed by atoms with Gasteiger partial charge in [0.2, 0.25) is 0 Å². The lowest BCUT2D eigenvalue weighted by atomic mass is 9.91. The number of carbonyl (C=O) groups is 1. The van der Waals surface area contributed by atoms with Gasteiger partial charge in [-0.15, -0.1) is 0 Å². The van der Waals surface area contributed by atoms with E-state index >= 15 is 0 Å². The van der Waals surface area contributed by atoms with E-state index in [9.17, 15) is 4.79 Å². The molecule has 1 fully saturated rings. The second-order valence-electron chi connectivity index (χ2n) is 5.32. The van der Waals surface area contributed by atoms with Crippen molar-refractivity contribution in [3.05, 3.63) is 69.7 Å². The van der Waals surface area contributed by atoms with Crippen LogP contribution in [0.5, 0.6) is 0 Å². The summed E-state index contributed by atoms with van der Waals surface area (Å²) in [5.41, 5.74) is 2.25. The van der Waals surface area contributed by atoms with E-state index in [-0.39, 0.29) is 17.9 Å². The molecule has 0 spiro atoms. The molecular formula is C17H15Cl2NO. The third kappa shape index (κ3) is 2.84. The number of Topliss-reactive ketones (excluding diaryl/α,β-unsaturated/α-hetero) is 1. The van der Waals surface area contributed by atoms with Crippen LogP contribution in [0.25, 0.3) is 0 Å². The number of rotatable bonds is 3. The van der Waals surface area contributed by atoms with Gasteiger partial charge in [-0.25, -0.2) is 0 Å². The Balaban J connectivity index is 2.00. The molecule has 0 N–H and O–H groups in total. The Labute approximate surface area is 134 Å². The molecule has 0 aliphatic carbocycles. The van der Waals surface area contributed by atoms with Crippen LogP contribution in [-0.4, -0.2) is 23.3 Å². The zero-order valence-electron chi connectivity index (χ0n) is 11.6. The number of hydrogen-bond donors (Lipinski definition) is 0. The van der Waals surface area contributed by atoms with Crippen LogP contribution < -0.4 is 0 Å². The molecule has 0 amide bonds. The quantitative estimate of drug-likeness (QED) is 0.838. The molecule has 3 rings (SSSR count). The summed E-state index contributed by atoms with van der Waals surface area (Å²) in [6.45, 7) is 2.43. The molecule has 1 saturated heterocycles. The molecule has 1 aliphatic rings. The van der Waals surface area contributed by atoms with Gasteiger partial charge in [0.25, 0.3) is 0 Å². The molecule has 2 aromatic rings. The summed E-state index contributed by atoms with van der Waals surface area (Å²) < 4.78 is 0. The molecular weight excluding hydrogens is 305 g/mol. The Bertz CT molecular complexity index is 606. The van der Waals surface area contributed by atoms with E-state index in [2.05, 4.69) is 4.90 Å². The van der Waals surface area contributed by atoms with Crippen LogP contribution in [0.15, 0.2) is 48.5 Å². The number of hydrogen-bond acceptors (Lipinski definition) is 2. The van der Waals surface area contributed by atoms with Gasteiger partial charge in [-0.05, 0) is 42.3 Å². The van der Waals surface area contributed by atoms with E-state index in [0.29, 0.717) is 16.6 Å². The minimum atomic E-state index is -0.0543. The molecule has 108 valence electrons. The second kappa shape index (κ2) is 5.80. The fourth-order valence-electron chi connectivity index (χ4n) is 2.70. The lowest BCUT2D eigenvalue weighted by Gasteiger charge is -2.43. The van der Waals surface area contributed by atoms with Gasteiger partial charge < -0.3 is 0 Å². The molecule has 0 radical (unpaired) electrons. The first-order valence-corrected chi connectivity index (χ1v) is 7.61. The first-order valence-electron chi connectivity index (χ1n) is 6.85. The van der Waals surface area contributed by atoms with Gasteiger partial charge in [-0.1, -0.05) is 47.5 Å². The van der Waals surface area contributed by atoms with Gasteiger partial charge in [0.15, 0.2) is 5.78 Å². The van der Waals surface area contributed by atoms with E-state index < -0.39 is 0 Å². The van der Waals surface area contributed by atoms with Crippen molar-refractivity contribution in [2.45, 2.75) is 19.0 Å². The Morgan fingerprint density at radius 3 is 1.71 bits per heavy atom. The normalized spacial score (nSPS) is 18.9. The minimum absolute atomic E-state index is 0.0484. The highest BCUT2D eigenvalue weighted by atomic mass is 35.5. The van der Waals surface area contributed by atoms with Crippen molar-refractivity contribution >= 4 is 29.0 Å². The molecule has 0 aromatic heterocycles. The number of halogens is 2. The number of carbonyl (C=O) groups excluding carboxylic acids is 1. The summed E-state index contributed by atoms with van der Waals surface area (Å²) in [5.74, 6) is 0.280. The van der Waals surface area contributed by atoms with Crippen molar-refractivity contribution in [3.8, 4) is 0 Å². The summed E-state index contributed by atoms with van der Waals surface area (Å²) in [7, 11) is 0. The third-order valence-corrected chi connectivity index (χ3v) is 4.51. The maximum absolute atomic E-state index is 11.6. The third-order valence-electron chi connectivity index (χ3n) is 4.00. The fourth-order valence-corrected chi connectivity index (χ4v) is 2.95. The SMILES string of the molecule is CC1C(=O)CN1C(c1ccc(Cl)cc1)c1ccc(Cl)cc1. The predicted octanol–water partition coefficient (Wildman–Crippen LogP) is 4.36. The molecule has 0 saturated carbocycles. The largest absolute Gasteiger partial charge is 0.296 e. The standard InChI is InChI=1S/C17H15Cl2NO/c1-11-16(21)10-20(11)17(12-2-6-14(18)7-3-12)13-4-8-15(19)9-5-13/h2-9,11,17H,10H2,1H3. The lowest BCUT2D eigenvalue weighted by Crippen LogP contribution is -2.56. The highest BCUT2D eigenvalue weighted by Crippen LogP contribution is 2.35. The molecule has 1 unspecified atom stereocenters. The molecule has 1 aliphatic heterocycles. The van der Waals surface area contributed by atoms with Gasteiger partial charge in [0, 0.05) is 10.0 Å². The highest BCUT2D eigenvalue weighted by Gasteiger charge is 2.39. The minimum Gasteiger partial charge on any atom is -0.296 e. The topological polar surface area (TPSA) is 20.3 Å². The average molecular weight is 320 g/mol. The van der Waals surface area contributed by atoms with Crippen LogP contribution in [0, 0.1) is 0 Å². The Hall–Kier alpha value is -1.35. The van der Waals surface area contributed by atoms with Crippen LogP contribution in [0.1, 0.15) is 24.1 Å². The molecule has 21 heavy (non-hydrogen) atoms. The van der Waals surface area contributed by atoms with Crippen LogP contribution in [0.3, 0.4) is 0 Å². The summed E-state index contributed by atoms with van der Waals surface area (Å²) in [4.78, 5) is 13.8. The summed E-state index contributed by atoms with van der Waals surface area (Å²) >= 11 is 12.0. The Morgan fingerprint density at radius 1 is 0.952 bits per heavy atom. The summed E-state index contributed by atoms with van der Waals surface area (Å²) in [6, 6.07) is 15.6. The molecule has 2 aromatic carbocycles. The first-order chi connectivity index (χ1) is 10.1. The lowest BCUT2D eigenvalue weighted by molar-refractivity contribution is -0.137. The number of nitrogens with zero attached hydrogens (tertiary/aromatic N) is 1. The molecule has 0 bridgehead atoms. The first kappa shape index (κ1) is 14.6. The number of ketones is 1. The zero-order chi connectivity index (χ0) is 15.0. The van der Waals surface area contributed by atoms with Crippen molar-refractivity contribution < 1.29 is 4.79 Å². The van der Waals surface area contributed by atoms with Gasteiger partial charge in [0.05, 0.1) is 18.6 Å². The average Bonchev–Trinajstić information content (AvgIpc) is 2.50. The summed E-state index contributed by atoms with van der Waals surface area (Å²) in [6.07, 6.45) is 0. The molecule has 1 atom stereocenters. The van der Waals surface area contributed by atoms with Gasteiger partial charge in [-0.2, -0.15) is 0 Å². The van der Waals surface area contributed by atoms with Crippen molar-refractivity contribution in [1.82, 2.24) is 4.90 Å².